The van der Waals surface area contributed by atoms with Gasteiger partial charge in [-0.3, -0.25) is 4.79 Å². The normalized spacial score (nSPS) is 19.5. The highest BCUT2D eigenvalue weighted by Crippen LogP contribution is 2.30. The quantitative estimate of drug-likeness (QED) is 0.469. The standard InChI is InChI=1S/C9H10O4/c1-12-8(10)4-3-6-5-7(6)9(11)13-2/h3-5,7H,1-2H3/b4-3+. The van der Waals surface area contributed by atoms with E-state index in [-0.39, 0.29) is 11.9 Å². The lowest BCUT2D eigenvalue weighted by molar-refractivity contribution is -0.141. The molecule has 0 aromatic heterocycles. The number of methoxy groups -OCH3 is 2. The molecule has 1 aliphatic carbocycles. The van der Waals surface area contributed by atoms with E-state index in [9.17, 15) is 9.59 Å². The smallest absolute Gasteiger partial charge is 0.330 e. The van der Waals surface area contributed by atoms with Gasteiger partial charge in [0.05, 0.1) is 14.2 Å². The van der Waals surface area contributed by atoms with Crippen LogP contribution in [-0.4, -0.2) is 26.2 Å². The van der Waals surface area contributed by atoms with Crippen molar-refractivity contribution in [3.8, 4) is 0 Å². The van der Waals surface area contributed by atoms with Crippen LogP contribution in [0.4, 0.5) is 0 Å². The van der Waals surface area contributed by atoms with Gasteiger partial charge in [0.2, 0.25) is 0 Å². The second-order valence-corrected chi connectivity index (χ2v) is 2.52. The van der Waals surface area contributed by atoms with Crippen LogP contribution in [0.5, 0.6) is 0 Å². The van der Waals surface area contributed by atoms with Crippen molar-refractivity contribution in [2.45, 2.75) is 0 Å². The molecule has 1 rings (SSSR count). The number of carbonyl (C=O) groups excluding carboxylic acids is 2. The first kappa shape index (κ1) is 9.51. The summed E-state index contributed by atoms with van der Waals surface area (Å²) in [6.45, 7) is 0. The first-order valence-corrected chi connectivity index (χ1v) is 3.74. The summed E-state index contributed by atoms with van der Waals surface area (Å²) in [5.74, 6) is -1.01. The average molecular weight is 182 g/mol. The number of ether oxygens (including phenoxy) is 2. The van der Waals surface area contributed by atoms with Crippen LogP contribution >= 0.6 is 0 Å². The molecule has 0 heterocycles. The fourth-order valence-corrected chi connectivity index (χ4v) is 0.867. The van der Waals surface area contributed by atoms with Gasteiger partial charge in [-0.05, 0) is 5.57 Å². The zero-order valence-corrected chi connectivity index (χ0v) is 7.44. The monoisotopic (exact) mass is 182 g/mol. The van der Waals surface area contributed by atoms with E-state index < -0.39 is 5.97 Å². The van der Waals surface area contributed by atoms with Crippen LogP contribution in [-0.2, 0) is 19.1 Å². The lowest BCUT2D eigenvalue weighted by atomic mass is 10.3. The molecule has 1 atom stereocenters. The Morgan fingerprint density at radius 2 is 2.08 bits per heavy atom. The fourth-order valence-electron chi connectivity index (χ4n) is 0.867. The molecule has 4 heteroatoms. The van der Waals surface area contributed by atoms with E-state index in [1.54, 1.807) is 12.2 Å². The largest absolute Gasteiger partial charge is 0.468 e. The Morgan fingerprint density at radius 3 is 2.62 bits per heavy atom. The molecule has 0 radical (unpaired) electrons. The molecule has 0 N–H and O–H groups in total. The third-order valence-electron chi connectivity index (χ3n) is 1.68. The van der Waals surface area contributed by atoms with Crippen molar-refractivity contribution in [3.63, 3.8) is 0 Å². The summed E-state index contributed by atoms with van der Waals surface area (Å²) >= 11 is 0. The van der Waals surface area contributed by atoms with Gasteiger partial charge in [0.1, 0.15) is 5.92 Å². The molecule has 70 valence electrons. The van der Waals surface area contributed by atoms with Crippen molar-refractivity contribution in [2.24, 2.45) is 5.92 Å². The molecule has 0 saturated heterocycles. The number of allylic oxidation sites excluding steroid dienone is 1. The fraction of sp³-hybridized carbons (Fsp3) is 0.333. The lowest BCUT2D eigenvalue weighted by Crippen LogP contribution is -2.04. The summed E-state index contributed by atoms with van der Waals surface area (Å²) in [4.78, 5) is 21.5. The van der Waals surface area contributed by atoms with Gasteiger partial charge in [-0.15, -0.1) is 0 Å². The van der Waals surface area contributed by atoms with Gasteiger partial charge in [-0.25, -0.2) is 4.79 Å². The number of rotatable bonds is 3. The van der Waals surface area contributed by atoms with E-state index in [1.165, 1.54) is 20.3 Å². The molecule has 0 saturated carbocycles. The topological polar surface area (TPSA) is 52.6 Å². The summed E-state index contributed by atoms with van der Waals surface area (Å²) in [5.41, 5.74) is 0.789. The third kappa shape index (κ3) is 2.43. The highest BCUT2D eigenvalue weighted by atomic mass is 16.5. The molecule has 13 heavy (non-hydrogen) atoms. The van der Waals surface area contributed by atoms with Crippen molar-refractivity contribution in [1.82, 2.24) is 0 Å². The number of carbonyl (C=O) groups is 2. The van der Waals surface area contributed by atoms with Crippen molar-refractivity contribution >= 4 is 11.9 Å². The Morgan fingerprint density at radius 1 is 1.38 bits per heavy atom. The Hall–Kier alpha value is -1.58. The molecule has 1 aliphatic rings. The second-order valence-electron chi connectivity index (χ2n) is 2.52. The van der Waals surface area contributed by atoms with Gasteiger partial charge in [0, 0.05) is 6.08 Å². The SMILES string of the molecule is COC(=O)/C=C/C1=CC1C(=O)OC. The van der Waals surface area contributed by atoms with Crippen LogP contribution in [0.15, 0.2) is 23.8 Å². The maximum atomic E-state index is 10.9. The van der Waals surface area contributed by atoms with E-state index in [0.29, 0.717) is 0 Å². The van der Waals surface area contributed by atoms with Crippen LogP contribution in [0.2, 0.25) is 0 Å². The van der Waals surface area contributed by atoms with Crippen LogP contribution in [0, 0.1) is 5.92 Å². The van der Waals surface area contributed by atoms with Crippen LogP contribution < -0.4 is 0 Å². The molecule has 0 aromatic rings. The molecule has 0 aromatic carbocycles. The van der Waals surface area contributed by atoms with Crippen LogP contribution in [0.1, 0.15) is 0 Å². The lowest BCUT2D eigenvalue weighted by Gasteiger charge is -1.94. The summed E-state index contributed by atoms with van der Waals surface area (Å²) in [6.07, 6.45) is 4.54. The van der Waals surface area contributed by atoms with Crippen molar-refractivity contribution in [1.29, 1.82) is 0 Å². The van der Waals surface area contributed by atoms with Gasteiger partial charge in [-0.2, -0.15) is 0 Å². The van der Waals surface area contributed by atoms with Crippen molar-refractivity contribution < 1.29 is 19.1 Å². The van der Waals surface area contributed by atoms with Gasteiger partial charge >= 0.3 is 11.9 Å². The first-order valence-electron chi connectivity index (χ1n) is 3.74. The second kappa shape index (κ2) is 3.89. The maximum absolute atomic E-state index is 10.9. The Bertz CT molecular complexity index is 288. The van der Waals surface area contributed by atoms with Crippen molar-refractivity contribution in [3.05, 3.63) is 23.8 Å². The van der Waals surface area contributed by atoms with E-state index in [2.05, 4.69) is 9.47 Å². The van der Waals surface area contributed by atoms with Gasteiger partial charge < -0.3 is 9.47 Å². The summed E-state index contributed by atoms with van der Waals surface area (Å²) in [7, 11) is 2.63. The van der Waals surface area contributed by atoms with Crippen LogP contribution in [0.25, 0.3) is 0 Å². The maximum Gasteiger partial charge on any atom is 0.330 e. The van der Waals surface area contributed by atoms with E-state index in [1.807, 2.05) is 0 Å². The number of hydrogen-bond acceptors (Lipinski definition) is 4. The summed E-state index contributed by atoms with van der Waals surface area (Å²) in [5, 5.41) is 0. The number of hydrogen-bond donors (Lipinski definition) is 0. The third-order valence-corrected chi connectivity index (χ3v) is 1.68. The molecule has 0 bridgehead atoms. The highest BCUT2D eigenvalue weighted by Gasteiger charge is 2.30. The van der Waals surface area contributed by atoms with E-state index >= 15 is 0 Å². The Balaban J connectivity index is 2.36. The van der Waals surface area contributed by atoms with E-state index in [4.69, 9.17) is 0 Å². The zero-order valence-electron chi connectivity index (χ0n) is 7.44. The predicted octanol–water partition coefficient (Wildman–Crippen LogP) is 0.445. The molecule has 4 nitrogen and oxygen atoms in total. The zero-order chi connectivity index (χ0) is 9.84. The minimum absolute atomic E-state index is 0.272. The Labute approximate surface area is 75.8 Å². The number of esters is 2. The Kier molecular flexibility index (Phi) is 2.84. The van der Waals surface area contributed by atoms with Gasteiger partial charge in [0.15, 0.2) is 0 Å². The predicted molar refractivity (Wildman–Crippen MR) is 44.7 cm³/mol. The average Bonchev–Trinajstić information content (AvgIpc) is 2.92. The first-order chi connectivity index (χ1) is 6.19. The molecular weight excluding hydrogens is 172 g/mol. The molecule has 0 fully saturated rings. The molecule has 0 aliphatic heterocycles. The van der Waals surface area contributed by atoms with Gasteiger partial charge in [0.25, 0.3) is 0 Å². The van der Waals surface area contributed by atoms with Crippen molar-refractivity contribution in [2.75, 3.05) is 14.2 Å². The molecule has 1 unspecified atom stereocenters. The minimum atomic E-state index is -0.434. The molecule has 0 amide bonds. The van der Waals surface area contributed by atoms with Gasteiger partial charge in [-0.1, -0.05) is 12.2 Å². The molecule has 0 spiro atoms. The summed E-state index contributed by atoms with van der Waals surface area (Å²) in [6, 6.07) is 0. The summed E-state index contributed by atoms with van der Waals surface area (Å²) < 4.78 is 8.88. The minimum Gasteiger partial charge on any atom is -0.468 e. The highest BCUT2D eigenvalue weighted by molar-refractivity contribution is 5.87. The van der Waals surface area contributed by atoms with E-state index in [0.717, 1.165) is 5.57 Å². The van der Waals surface area contributed by atoms with Crippen LogP contribution in [0.3, 0.4) is 0 Å². The molecular formula is C9H10O4.